The topological polar surface area (TPSA) is 86.5 Å². The van der Waals surface area contributed by atoms with E-state index in [-0.39, 0.29) is 18.4 Å². The van der Waals surface area contributed by atoms with E-state index in [1.165, 1.54) is 10.9 Å². The lowest BCUT2D eigenvalue weighted by Crippen LogP contribution is -2.50. The van der Waals surface area contributed by atoms with E-state index in [4.69, 9.17) is 4.74 Å². The van der Waals surface area contributed by atoms with E-state index in [0.29, 0.717) is 18.8 Å². The van der Waals surface area contributed by atoms with Crippen molar-refractivity contribution in [2.75, 3.05) is 31.6 Å². The molecular formula is C22H24N4O3. The zero-order valence-electron chi connectivity index (χ0n) is 16.3. The van der Waals surface area contributed by atoms with Crippen LogP contribution in [0.5, 0.6) is 5.75 Å². The van der Waals surface area contributed by atoms with Crippen molar-refractivity contribution in [1.82, 2.24) is 15.6 Å². The maximum absolute atomic E-state index is 12.6. The van der Waals surface area contributed by atoms with Gasteiger partial charge in [-0.2, -0.15) is 0 Å². The number of amides is 2. The largest absolute Gasteiger partial charge is 0.477 e. The number of para-hydroxylation sites is 3. The highest BCUT2D eigenvalue weighted by Gasteiger charge is 2.30. The Labute approximate surface area is 169 Å². The number of hydrogen-bond donors (Lipinski definition) is 3. The van der Waals surface area contributed by atoms with Crippen LogP contribution in [0.3, 0.4) is 0 Å². The molecule has 0 bridgehead atoms. The average molecular weight is 392 g/mol. The molecule has 2 aromatic carbocycles. The van der Waals surface area contributed by atoms with Gasteiger partial charge < -0.3 is 25.3 Å². The van der Waals surface area contributed by atoms with Gasteiger partial charge in [-0.1, -0.05) is 30.3 Å². The predicted octanol–water partition coefficient (Wildman–Crippen LogP) is 1.84. The molecule has 0 saturated carbocycles. The van der Waals surface area contributed by atoms with Gasteiger partial charge in [-0.05, 0) is 30.2 Å². The first-order valence-corrected chi connectivity index (χ1v) is 9.69. The number of ether oxygens (including phenoxy) is 1. The summed E-state index contributed by atoms with van der Waals surface area (Å²) in [6, 6.07) is 15.6. The Balaban J connectivity index is 1.37. The highest BCUT2D eigenvalue weighted by molar-refractivity contribution is 5.86. The summed E-state index contributed by atoms with van der Waals surface area (Å²) in [6.07, 6.45) is 2.09. The standard InChI is InChI=1S/C22H24N4O3/c1-23-22(28)20-13-26(18-8-4-5-9-19(18)29-20)14-21(27)24-11-10-15-12-25-17-7-3-2-6-16(15)17/h2-9,12,20,25H,10-11,13-14H2,1H3,(H,23,28)(H,24,27)/t20-/m0/s1. The van der Waals surface area contributed by atoms with Gasteiger partial charge in [0.2, 0.25) is 5.91 Å². The van der Waals surface area contributed by atoms with Crippen molar-refractivity contribution in [2.45, 2.75) is 12.5 Å². The van der Waals surface area contributed by atoms with Crippen LogP contribution in [0.2, 0.25) is 0 Å². The number of rotatable bonds is 6. The van der Waals surface area contributed by atoms with Crippen LogP contribution in [-0.2, 0) is 16.0 Å². The number of nitrogens with zero attached hydrogens (tertiary/aromatic N) is 1. The number of fused-ring (bicyclic) bond motifs is 2. The van der Waals surface area contributed by atoms with Crippen molar-refractivity contribution in [3.05, 3.63) is 60.3 Å². The quantitative estimate of drug-likeness (QED) is 0.598. The van der Waals surface area contributed by atoms with Gasteiger partial charge in [0.25, 0.3) is 5.91 Å². The molecule has 0 spiro atoms. The second-order valence-electron chi connectivity index (χ2n) is 7.03. The first-order chi connectivity index (χ1) is 14.2. The molecule has 0 unspecified atom stereocenters. The molecule has 0 saturated heterocycles. The van der Waals surface area contributed by atoms with Gasteiger partial charge in [0.1, 0.15) is 5.75 Å². The van der Waals surface area contributed by atoms with Crippen LogP contribution < -0.4 is 20.3 Å². The van der Waals surface area contributed by atoms with Crippen LogP contribution in [0.25, 0.3) is 10.9 Å². The van der Waals surface area contributed by atoms with E-state index in [0.717, 1.165) is 17.6 Å². The van der Waals surface area contributed by atoms with Gasteiger partial charge >= 0.3 is 0 Å². The third-order valence-corrected chi connectivity index (χ3v) is 5.13. The van der Waals surface area contributed by atoms with Crippen LogP contribution in [0.15, 0.2) is 54.7 Å². The Bertz CT molecular complexity index is 1030. The number of carbonyl (C=O) groups is 2. The molecule has 4 rings (SSSR count). The van der Waals surface area contributed by atoms with E-state index in [1.807, 2.05) is 53.6 Å². The van der Waals surface area contributed by atoms with Gasteiger partial charge in [-0.25, -0.2) is 0 Å². The van der Waals surface area contributed by atoms with Gasteiger partial charge in [0, 0.05) is 30.7 Å². The van der Waals surface area contributed by atoms with E-state index in [1.54, 1.807) is 7.05 Å². The number of benzene rings is 2. The molecular weight excluding hydrogens is 368 g/mol. The molecule has 0 aliphatic carbocycles. The third kappa shape index (κ3) is 4.03. The van der Waals surface area contributed by atoms with Crippen molar-refractivity contribution in [3.8, 4) is 5.75 Å². The molecule has 7 heteroatoms. The molecule has 1 aliphatic rings. The summed E-state index contributed by atoms with van der Waals surface area (Å²) < 4.78 is 5.78. The van der Waals surface area contributed by atoms with Crippen LogP contribution in [-0.4, -0.2) is 49.6 Å². The number of aromatic nitrogens is 1. The Morgan fingerprint density at radius 1 is 1.17 bits per heavy atom. The van der Waals surface area contributed by atoms with E-state index >= 15 is 0 Å². The van der Waals surface area contributed by atoms with Crippen molar-refractivity contribution < 1.29 is 14.3 Å². The minimum absolute atomic E-state index is 0.0859. The molecule has 7 nitrogen and oxygen atoms in total. The van der Waals surface area contributed by atoms with Crippen LogP contribution >= 0.6 is 0 Å². The number of hydrogen-bond acceptors (Lipinski definition) is 4. The summed E-state index contributed by atoms with van der Waals surface area (Å²) in [7, 11) is 1.58. The Kier molecular flexibility index (Phi) is 5.37. The second kappa shape index (κ2) is 8.26. The molecule has 2 heterocycles. The van der Waals surface area contributed by atoms with Crippen LogP contribution in [0.1, 0.15) is 5.56 Å². The Hall–Kier alpha value is -3.48. The molecule has 1 atom stereocenters. The molecule has 1 aliphatic heterocycles. The normalized spacial score (nSPS) is 15.5. The smallest absolute Gasteiger partial charge is 0.262 e. The summed E-state index contributed by atoms with van der Waals surface area (Å²) in [4.78, 5) is 29.7. The Morgan fingerprint density at radius 3 is 2.83 bits per heavy atom. The Morgan fingerprint density at radius 2 is 1.97 bits per heavy atom. The summed E-state index contributed by atoms with van der Waals surface area (Å²) in [5, 5.41) is 6.77. The molecule has 0 fully saturated rings. The summed E-state index contributed by atoms with van der Waals surface area (Å²) in [5.41, 5.74) is 3.09. The summed E-state index contributed by atoms with van der Waals surface area (Å²) in [5.74, 6) is 0.320. The summed E-state index contributed by atoms with van der Waals surface area (Å²) in [6.45, 7) is 1.04. The first-order valence-electron chi connectivity index (χ1n) is 9.69. The SMILES string of the molecule is CNC(=O)[C@@H]1CN(CC(=O)NCCc2c[nH]c3ccccc23)c2ccccc2O1. The van der Waals surface area contributed by atoms with Crippen molar-refractivity contribution >= 4 is 28.4 Å². The van der Waals surface area contributed by atoms with Gasteiger partial charge in [0.15, 0.2) is 6.10 Å². The van der Waals surface area contributed by atoms with E-state index in [2.05, 4.69) is 21.7 Å². The minimum Gasteiger partial charge on any atom is -0.477 e. The molecule has 150 valence electrons. The number of aromatic amines is 1. The lowest BCUT2D eigenvalue weighted by Gasteiger charge is -2.35. The molecule has 3 N–H and O–H groups in total. The summed E-state index contributed by atoms with van der Waals surface area (Å²) >= 11 is 0. The highest BCUT2D eigenvalue weighted by Crippen LogP contribution is 2.32. The van der Waals surface area contributed by atoms with E-state index in [9.17, 15) is 9.59 Å². The maximum atomic E-state index is 12.6. The van der Waals surface area contributed by atoms with Gasteiger partial charge in [-0.3, -0.25) is 9.59 Å². The number of H-pyrrole nitrogens is 1. The molecule has 1 aromatic heterocycles. The second-order valence-corrected chi connectivity index (χ2v) is 7.03. The van der Waals surface area contributed by atoms with E-state index < -0.39 is 6.10 Å². The minimum atomic E-state index is -0.645. The lowest BCUT2D eigenvalue weighted by molar-refractivity contribution is -0.127. The lowest BCUT2D eigenvalue weighted by atomic mass is 10.1. The highest BCUT2D eigenvalue weighted by atomic mass is 16.5. The van der Waals surface area contributed by atoms with Crippen LogP contribution in [0.4, 0.5) is 5.69 Å². The fraction of sp³-hybridized carbons (Fsp3) is 0.273. The number of nitrogens with one attached hydrogen (secondary N) is 3. The zero-order valence-corrected chi connectivity index (χ0v) is 16.3. The zero-order chi connectivity index (χ0) is 20.2. The molecule has 2 amide bonds. The average Bonchev–Trinajstić information content (AvgIpc) is 3.16. The predicted molar refractivity (Wildman–Crippen MR) is 112 cm³/mol. The maximum Gasteiger partial charge on any atom is 0.262 e. The van der Waals surface area contributed by atoms with Crippen molar-refractivity contribution in [2.24, 2.45) is 0 Å². The fourth-order valence-electron chi connectivity index (χ4n) is 3.66. The van der Waals surface area contributed by atoms with Crippen molar-refractivity contribution in [1.29, 1.82) is 0 Å². The van der Waals surface area contributed by atoms with Gasteiger partial charge in [-0.15, -0.1) is 0 Å². The van der Waals surface area contributed by atoms with Gasteiger partial charge in [0.05, 0.1) is 18.8 Å². The molecule has 29 heavy (non-hydrogen) atoms. The molecule has 3 aromatic rings. The number of likely N-dealkylation sites (N-methyl/N-ethyl adjacent to an activating group) is 1. The third-order valence-electron chi connectivity index (χ3n) is 5.13. The number of carbonyl (C=O) groups excluding carboxylic acids is 2. The fourth-order valence-corrected chi connectivity index (χ4v) is 3.66. The van der Waals surface area contributed by atoms with Crippen LogP contribution in [0, 0.1) is 0 Å². The molecule has 0 radical (unpaired) electrons. The first kappa shape index (κ1) is 18.9. The monoisotopic (exact) mass is 392 g/mol. The number of anilines is 1. The van der Waals surface area contributed by atoms with Crippen molar-refractivity contribution in [3.63, 3.8) is 0 Å².